The van der Waals surface area contributed by atoms with Gasteiger partial charge < -0.3 is 5.73 Å². The second-order valence-electron chi connectivity index (χ2n) is 2.06. The molecule has 2 heteroatoms. The molecule has 9 heavy (non-hydrogen) atoms. The molecule has 1 aromatic rings. The van der Waals surface area contributed by atoms with Crippen LogP contribution in [0.4, 0.5) is 5.69 Å². The van der Waals surface area contributed by atoms with Crippen molar-refractivity contribution in [3.8, 4) is 0 Å². The van der Waals surface area contributed by atoms with Gasteiger partial charge in [0, 0.05) is 5.69 Å². The van der Waals surface area contributed by atoms with Crippen LogP contribution < -0.4 is 11.2 Å². The van der Waals surface area contributed by atoms with Crippen LogP contribution in [0.5, 0.6) is 0 Å². The van der Waals surface area contributed by atoms with Crippen LogP contribution >= 0.6 is 0 Å². The molecule has 0 fully saturated rings. The molecule has 0 saturated heterocycles. The molecular formula is C7H8BN. The highest BCUT2D eigenvalue weighted by molar-refractivity contribution is 6.33. The lowest BCUT2D eigenvalue weighted by atomic mass is 9.91. The Bertz CT molecular complexity index is 200. The van der Waals surface area contributed by atoms with Crippen molar-refractivity contribution in [2.24, 2.45) is 0 Å². The van der Waals surface area contributed by atoms with Crippen LogP contribution in [0.25, 0.3) is 0 Å². The Kier molecular flexibility index (Phi) is 1.47. The van der Waals surface area contributed by atoms with Crippen LogP contribution in [0.1, 0.15) is 5.56 Å². The van der Waals surface area contributed by atoms with Gasteiger partial charge in [-0.3, -0.25) is 0 Å². The van der Waals surface area contributed by atoms with E-state index in [1.54, 1.807) is 0 Å². The predicted octanol–water partition coefficient (Wildman–Crippen LogP) is 0.371. The van der Waals surface area contributed by atoms with Crippen LogP contribution in [0.2, 0.25) is 0 Å². The number of nitrogen functional groups attached to an aromatic ring is 1. The van der Waals surface area contributed by atoms with E-state index in [0.29, 0.717) is 0 Å². The Balaban J connectivity index is 3.25. The molecule has 0 bridgehead atoms. The number of nitrogens with two attached hydrogens (primary N) is 1. The minimum absolute atomic E-state index is 0.759. The van der Waals surface area contributed by atoms with Crippen molar-refractivity contribution in [1.82, 2.24) is 0 Å². The molecule has 0 amide bonds. The van der Waals surface area contributed by atoms with Crippen LogP contribution in [0.15, 0.2) is 18.2 Å². The minimum Gasteiger partial charge on any atom is -0.399 e. The normalized spacial score (nSPS) is 9.44. The van der Waals surface area contributed by atoms with Crippen LogP contribution in [-0.2, 0) is 0 Å². The third-order valence-corrected chi connectivity index (χ3v) is 1.42. The highest BCUT2D eigenvalue weighted by Gasteiger charge is 1.92. The Labute approximate surface area is 56.3 Å². The van der Waals surface area contributed by atoms with Gasteiger partial charge in [0.1, 0.15) is 7.85 Å². The molecule has 0 aliphatic heterocycles. The summed E-state index contributed by atoms with van der Waals surface area (Å²) >= 11 is 0. The van der Waals surface area contributed by atoms with Gasteiger partial charge in [0.15, 0.2) is 0 Å². The van der Waals surface area contributed by atoms with E-state index in [4.69, 9.17) is 13.6 Å². The summed E-state index contributed by atoms with van der Waals surface area (Å²) < 4.78 is 0. The van der Waals surface area contributed by atoms with Gasteiger partial charge in [0.25, 0.3) is 0 Å². The number of hydrogen-bond acceptors (Lipinski definition) is 1. The lowest BCUT2D eigenvalue weighted by molar-refractivity contribution is 1.51. The van der Waals surface area contributed by atoms with Gasteiger partial charge in [0.2, 0.25) is 0 Å². The predicted molar refractivity (Wildman–Crippen MR) is 41.0 cm³/mol. The van der Waals surface area contributed by atoms with Gasteiger partial charge in [-0.25, -0.2) is 0 Å². The van der Waals surface area contributed by atoms with Crippen molar-refractivity contribution >= 4 is 19.0 Å². The Morgan fingerprint density at radius 3 is 2.56 bits per heavy atom. The Morgan fingerprint density at radius 1 is 1.44 bits per heavy atom. The van der Waals surface area contributed by atoms with Crippen LogP contribution in [-0.4, -0.2) is 7.85 Å². The zero-order valence-electron chi connectivity index (χ0n) is 5.39. The first kappa shape index (κ1) is 6.21. The van der Waals surface area contributed by atoms with E-state index in [0.717, 1.165) is 16.7 Å². The summed E-state index contributed by atoms with van der Waals surface area (Å²) in [5, 5.41) is 0. The minimum atomic E-state index is 0.759. The Hall–Kier alpha value is -0.915. The SMILES string of the molecule is [B]c1cccc(N)c1C. The monoisotopic (exact) mass is 117 g/mol. The standard InChI is InChI=1S/C7H8BN/c1-5-6(8)3-2-4-7(5)9/h2-4H,9H2,1H3. The lowest BCUT2D eigenvalue weighted by Crippen LogP contribution is -2.08. The van der Waals surface area contributed by atoms with E-state index in [2.05, 4.69) is 0 Å². The van der Waals surface area contributed by atoms with Gasteiger partial charge in [-0.05, 0) is 18.6 Å². The van der Waals surface area contributed by atoms with E-state index in [1.807, 2.05) is 25.1 Å². The summed E-state index contributed by atoms with van der Waals surface area (Å²) in [5.41, 5.74) is 8.03. The largest absolute Gasteiger partial charge is 0.399 e. The molecular weight excluding hydrogens is 109 g/mol. The molecule has 44 valence electrons. The fraction of sp³-hybridized carbons (Fsp3) is 0.143. The molecule has 0 heterocycles. The van der Waals surface area contributed by atoms with Gasteiger partial charge in [-0.2, -0.15) is 0 Å². The van der Waals surface area contributed by atoms with Gasteiger partial charge in [0.05, 0.1) is 0 Å². The third kappa shape index (κ3) is 1.07. The lowest BCUT2D eigenvalue weighted by Gasteiger charge is -2.01. The second-order valence-corrected chi connectivity index (χ2v) is 2.06. The summed E-state index contributed by atoms with van der Waals surface area (Å²) in [5.74, 6) is 0. The zero-order valence-corrected chi connectivity index (χ0v) is 5.39. The van der Waals surface area contributed by atoms with E-state index in [-0.39, 0.29) is 0 Å². The van der Waals surface area contributed by atoms with Crippen molar-refractivity contribution in [3.63, 3.8) is 0 Å². The fourth-order valence-corrected chi connectivity index (χ4v) is 0.672. The van der Waals surface area contributed by atoms with Crippen molar-refractivity contribution in [1.29, 1.82) is 0 Å². The van der Waals surface area contributed by atoms with Gasteiger partial charge in [-0.1, -0.05) is 17.6 Å². The highest BCUT2D eigenvalue weighted by atomic mass is 14.5. The molecule has 0 spiro atoms. The number of benzene rings is 1. The maximum atomic E-state index is 5.54. The number of rotatable bonds is 0. The van der Waals surface area contributed by atoms with Crippen molar-refractivity contribution in [3.05, 3.63) is 23.8 Å². The molecule has 2 radical (unpaired) electrons. The summed E-state index contributed by atoms with van der Waals surface area (Å²) in [6.45, 7) is 1.91. The molecule has 0 aliphatic rings. The third-order valence-electron chi connectivity index (χ3n) is 1.42. The summed E-state index contributed by atoms with van der Waals surface area (Å²) in [7, 11) is 5.54. The average molecular weight is 117 g/mol. The van der Waals surface area contributed by atoms with E-state index in [9.17, 15) is 0 Å². The molecule has 1 nitrogen and oxygen atoms in total. The molecule has 0 unspecified atom stereocenters. The molecule has 0 atom stereocenters. The number of anilines is 1. The highest BCUT2D eigenvalue weighted by Crippen LogP contribution is 2.03. The van der Waals surface area contributed by atoms with Crippen molar-refractivity contribution in [2.75, 3.05) is 5.73 Å². The maximum absolute atomic E-state index is 5.54. The topological polar surface area (TPSA) is 26.0 Å². The van der Waals surface area contributed by atoms with Crippen LogP contribution in [0.3, 0.4) is 0 Å². The zero-order chi connectivity index (χ0) is 6.85. The summed E-state index contributed by atoms with van der Waals surface area (Å²) in [6, 6.07) is 5.52. The second kappa shape index (κ2) is 2.13. The Morgan fingerprint density at radius 2 is 2.11 bits per heavy atom. The van der Waals surface area contributed by atoms with Crippen LogP contribution in [0, 0.1) is 6.92 Å². The summed E-state index contributed by atoms with van der Waals surface area (Å²) in [6.07, 6.45) is 0. The van der Waals surface area contributed by atoms with Gasteiger partial charge in [-0.15, -0.1) is 0 Å². The first-order valence-electron chi connectivity index (χ1n) is 2.82. The van der Waals surface area contributed by atoms with E-state index >= 15 is 0 Å². The molecule has 2 N–H and O–H groups in total. The van der Waals surface area contributed by atoms with E-state index in [1.165, 1.54) is 0 Å². The average Bonchev–Trinajstić information content (AvgIpc) is 1.83. The first-order valence-corrected chi connectivity index (χ1v) is 2.82. The van der Waals surface area contributed by atoms with E-state index < -0.39 is 0 Å². The number of hydrogen-bond donors (Lipinski definition) is 1. The summed E-state index contributed by atoms with van der Waals surface area (Å²) in [4.78, 5) is 0. The maximum Gasteiger partial charge on any atom is 0.114 e. The molecule has 1 rings (SSSR count). The fourth-order valence-electron chi connectivity index (χ4n) is 0.672. The molecule has 0 aromatic heterocycles. The quantitative estimate of drug-likeness (QED) is 0.385. The first-order chi connectivity index (χ1) is 4.22. The van der Waals surface area contributed by atoms with Crippen molar-refractivity contribution < 1.29 is 0 Å². The van der Waals surface area contributed by atoms with Crippen molar-refractivity contribution in [2.45, 2.75) is 6.92 Å². The smallest absolute Gasteiger partial charge is 0.114 e. The molecule has 0 aliphatic carbocycles. The molecule has 1 aromatic carbocycles. The van der Waals surface area contributed by atoms with Gasteiger partial charge >= 0.3 is 0 Å². The molecule has 0 saturated carbocycles.